The highest BCUT2D eigenvalue weighted by atomic mass is 16.3. The fraction of sp³-hybridized carbons (Fsp3) is 0.405. The van der Waals surface area contributed by atoms with Gasteiger partial charge in [0.1, 0.15) is 5.75 Å². The predicted molar refractivity (Wildman–Crippen MR) is 192 cm³/mol. The molecule has 1 aromatic heterocycles. The molecule has 1 N–H and O–H groups in total. The van der Waals surface area contributed by atoms with E-state index in [0.717, 1.165) is 45.4 Å². The summed E-state index contributed by atoms with van der Waals surface area (Å²) in [6, 6.07) is 26.1. The molecule has 0 aliphatic heterocycles. The summed E-state index contributed by atoms with van der Waals surface area (Å²) < 4.78 is 2.25. The summed E-state index contributed by atoms with van der Waals surface area (Å²) in [6.07, 6.45) is 0.970. The van der Waals surface area contributed by atoms with E-state index in [0.29, 0.717) is 5.56 Å². The highest BCUT2D eigenvalue weighted by molar-refractivity contribution is 6.10. The van der Waals surface area contributed by atoms with Crippen LogP contribution in [-0.2, 0) is 16.2 Å². The van der Waals surface area contributed by atoms with Gasteiger partial charge in [-0.2, -0.15) is 5.26 Å². The Morgan fingerprint density at radius 1 is 0.667 bits per heavy atom. The minimum absolute atomic E-state index is 0.0000736. The number of benzene rings is 4. The number of aromatic nitrogens is 1. The zero-order valence-corrected chi connectivity index (χ0v) is 29.4. The summed E-state index contributed by atoms with van der Waals surface area (Å²) in [7, 11) is 0. The van der Waals surface area contributed by atoms with Crippen LogP contribution in [0.15, 0.2) is 66.7 Å². The van der Waals surface area contributed by atoms with Gasteiger partial charge in [0.25, 0.3) is 0 Å². The number of aryl methyl sites for hydroxylation is 1. The highest BCUT2D eigenvalue weighted by Crippen LogP contribution is 2.46. The first-order chi connectivity index (χ1) is 20.7. The lowest BCUT2D eigenvalue weighted by atomic mass is 9.71. The zero-order valence-electron chi connectivity index (χ0n) is 29.4. The monoisotopic (exact) mass is 598 g/mol. The van der Waals surface area contributed by atoms with Crippen molar-refractivity contribution >= 4 is 21.8 Å². The fourth-order valence-corrected chi connectivity index (χ4v) is 7.05. The Morgan fingerprint density at radius 3 is 1.67 bits per heavy atom. The summed E-state index contributed by atoms with van der Waals surface area (Å²) in [5.74, 6) is 0.221. The third-order valence-electron chi connectivity index (χ3n) is 9.10. The van der Waals surface area contributed by atoms with Gasteiger partial charge in [0.2, 0.25) is 0 Å². The summed E-state index contributed by atoms with van der Waals surface area (Å²) in [6.45, 7) is 27.0. The molecule has 0 fully saturated rings. The van der Waals surface area contributed by atoms with Crippen LogP contribution < -0.4 is 0 Å². The van der Waals surface area contributed by atoms with Gasteiger partial charge in [-0.05, 0) is 111 Å². The maximum absolute atomic E-state index is 12.3. The van der Waals surface area contributed by atoms with Crippen LogP contribution in [0.4, 0.5) is 0 Å². The van der Waals surface area contributed by atoms with E-state index in [9.17, 15) is 10.4 Å². The molecule has 0 saturated carbocycles. The zero-order chi connectivity index (χ0) is 33.3. The first-order valence-corrected chi connectivity index (χ1v) is 16.2. The Bertz CT molecular complexity index is 1900. The normalized spacial score (nSPS) is 13.0. The molecule has 1 heterocycles. The number of nitriles is 1. The minimum Gasteiger partial charge on any atom is -0.505 e. The lowest BCUT2D eigenvalue weighted by Gasteiger charge is -2.34. The van der Waals surface area contributed by atoms with E-state index in [1.54, 1.807) is 0 Å². The first kappa shape index (κ1) is 32.4. The van der Waals surface area contributed by atoms with Gasteiger partial charge in [-0.3, -0.25) is 0 Å². The number of rotatable bonds is 4. The van der Waals surface area contributed by atoms with Crippen LogP contribution in [0.1, 0.15) is 110 Å². The van der Waals surface area contributed by atoms with Crippen LogP contribution in [0.5, 0.6) is 5.75 Å². The summed E-state index contributed by atoms with van der Waals surface area (Å²) in [4.78, 5) is 0. The number of hydrogen-bond donors (Lipinski definition) is 1. The van der Waals surface area contributed by atoms with E-state index < -0.39 is 0 Å². The fourth-order valence-electron chi connectivity index (χ4n) is 7.05. The molecule has 3 nitrogen and oxygen atoms in total. The van der Waals surface area contributed by atoms with E-state index in [4.69, 9.17) is 0 Å². The van der Waals surface area contributed by atoms with Gasteiger partial charge in [0.15, 0.2) is 0 Å². The Balaban J connectivity index is 1.93. The SMILES string of the molecule is Cc1cc(C#N)cc(-c2cc(C(C)(C)CC(C)(C)C)cc(-n3c4ccc(C(C)(C)C)cc4c4cc(C(C)(C)C)ccc43)c2O)c1. The van der Waals surface area contributed by atoms with Crippen molar-refractivity contribution < 1.29 is 5.11 Å². The standard InChI is InChI=1S/C42H50N2O/c1-26-17-27(24-43)19-28(18-26)32-22-31(42(11,12)25-39(2,3)4)23-37(38(32)45)44-35-15-13-29(40(5,6)7)20-33(35)34-21-30(41(8,9)10)14-16-36(34)44/h13-23,45H,25H2,1-12H3. The number of fused-ring (bicyclic) bond motifs is 3. The van der Waals surface area contributed by atoms with Crippen LogP contribution in [-0.4, -0.2) is 9.67 Å². The number of nitrogens with zero attached hydrogens (tertiary/aromatic N) is 2. The maximum Gasteiger partial charge on any atom is 0.147 e. The molecule has 0 bridgehead atoms. The summed E-state index contributed by atoms with van der Waals surface area (Å²) >= 11 is 0. The lowest BCUT2D eigenvalue weighted by Crippen LogP contribution is -2.25. The number of phenolic OH excluding ortho intramolecular Hbond substituents is 1. The van der Waals surface area contributed by atoms with E-state index in [-0.39, 0.29) is 27.4 Å². The van der Waals surface area contributed by atoms with Gasteiger partial charge in [0.05, 0.1) is 28.4 Å². The molecule has 5 rings (SSSR count). The van der Waals surface area contributed by atoms with Gasteiger partial charge >= 0.3 is 0 Å². The predicted octanol–water partition coefficient (Wildman–Crippen LogP) is 11.6. The second-order valence-electron chi connectivity index (χ2n) is 17.0. The molecule has 0 spiro atoms. The van der Waals surface area contributed by atoms with Gasteiger partial charge in [-0.1, -0.05) is 94.4 Å². The Labute approximate surface area is 270 Å². The molecule has 3 heteroatoms. The highest BCUT2D eigenvalue weighted by Gasteiger charge is 2.30. The number of phenols is 1. The molecule has 0 unspecified atom stereocenters. The van der Waals surface area contributed by atoms with Crippen molar-refractivity contribution in [2.75, 3.05) is 0 Å². The molecule has 0 atom stereocenters. The second-order valence-corrected chi connectivity index (χ2v) is 17.0. The molecule has 5 aromatic rings. The largest absolute Gasteiger partial charge is 0.505 e. The maximum atomic E-state index is 12.3. The van der Waals surface area contributed by atoms with Crippen molar-refractivity contribution in [1.29, 1.82) is 5.26 Å². The number of hydrogen-bond acceptors (Lipinski definition) is 2. The Kier molecular flexibility index (Phi) is 7.77. The van der Waals surface area contributed by atoms with Crippen LogP contribution >= 0.6 is 0 Å². The van der Waals surface area contributed by atoms with Gasteiger partial charge in [-0.15, -0.1) is 0 Å². The summed E-state index contributed by atoms with van der Waals surface area (Å²) in [5.41, 5.74) is 9.74. The van der Waals surface area contributed by atoms with E-state index in [1.807, 2.05) is 19.1 Å². The molecular formula is C42H50N2O. The molecule has 0 radical (unpaired) electrons. The molecule has 0 aliphatic carbocycles. The van der Waals surface area contributed by atoms with Crippen LogP contribution in [0.2, 0.25) is 0 Å². The van der Waals surface area contributed by atoms with Crippen LogP contribution in [0.25, 0.3) is 38.6 Å². The molecule has 0 amide bonds. The topological polar surface area (TPSA) is 49.0 Å². The van der Waals surface area contributed by atoms with Crippen molar-refractivity contribution in [2.24, 2.45) is 5.41 Å². The quantitative estimate of drug-likeness (QED) is 0.224. The van der Waals surface area contributed by atoms with Crippen molar-refractivity contribution in [3.8, 4) is 28.6 Å². The molecule has 0 aliphatic rings. The summed E-state index contributed by atoms with van der Waals surface area (Å²) in [5, 5.41) is 24.4. The third kappa shape index (κ3) is 6.26. The van der Waals surface area contributed by atoms with E-state index in [1.165, 1.54) is 21.9 Å². The average Bonchev–Trinajstić information content (AvgIpc) is 3.23. The lowest BCUT2D eigenvalue weighted by molar-refractivity contribution is 0.284. The van der Waals surface area contributed by atoms with E-state index in [2.05, 4.69) is 141 Å². The van der Waals surface area contributed by atoms with Gasteiger partial charge in [-0.25, -0.2) is 0 Å². The minimum atomic E-state index is -0.172. The second kappa shape index (κ2) is 10.8. The Hall–Kier alpha value is -4.03. The van der Waals surface area contributed by atoms with Crippen molar-refractivity contribution in [2.45, 2.75) is 106 Å². The molecule has 45 heavy (non-hydrogen) atoms. The molecular weight excluding hydrogens is 548 g/mol. The molecule has 0 saturated heterocycles. The number of aromatic hydroxyl groups is 1. The van der Waals surface area contributed by atoms with Gasteiger partial charge in [0, 0.05) is 16.3 Å². The van der Waals surface area contributed by atoms with Crippen LogP contribution in [0, 0.1) is 23.7 Å². The van der Waals surface area contributed by atoms with Crippen molar-refractivity contribution in [1.82, 2.24) is 4.57 Å². The van der Waals surface area contributed by atoms with E-state index >= 15 is 0 Å². The van der Waals surface area contributed by atoms with Gasteiger partial charge < -0.3 is 9.67 Å². The average molecular weight is 599 g/mol. The third-order valence-corrected chi connectivity index (χ3v) is 9.10. The smallest absolute Gasteiger partial charge is 0.147 e. The molecule has 4 aromatic carbocycles. The first-order valence-electron chi connectivity index (χ1n) is 16.2. The van der Waals surface area contributed by atoms with Crippen LogP contribution in [0.3, 0.4) is 0 Å². The van der Waals surface area contributed by atoms with Crippen molar-refractivity contribution in [3.63, 3.8) is 0 Å². The Morgan fingerprint density at radius 2 is 1.20 bits per heavy atom. The molecule has 234 valence electrons. The van der Waals surface area contributed by atoms with Crippen molar-refractivity contribution in [3.05, 3.63) is 94.5 Å².